The summed E-state index contributed by atoms with van der Waals surface area (Å²) in [6, 6.07) is 10.5. The number of anilines is 1. The zero-order chi connectivity index (χ0) is 23.8. The third kappa shape index (κ3) is 6.69. The molecule has 172 valence electrons. The molecule has 2 amide bonds. The minimum absolute atomic E-state index is 0.234. The normalized spacial score (nSPS) is 10.9. The highest BCUT2D eigenvalue weighted by Crippen LogP contribution is 2.22. The molecule has 9 heteroatoms. The fraction of sp³-hybridized carbons (Fsp3) is 0.208. The Labute approximate surface area is 194 Å². The van der Waals surface area contributed by atoms with E-state index in [0.29, 0.717) is 17.9 Å². The van der Waals surface area contributed by atoms with Gasteiger partial charge in [-0.25, -0.2) is 13.8 Å². The van der Waals surface area contributed by atoms with Crippen molar-refractivity contribution < 1.29 is 23.1 Å². The number of thiazole rings is 1. The van der Waals surface area contributed by atoms with Crippen molar-refractivity contribution in [1.82, 2.24) is 9.88 Å². The Morgan fingerprint density at radius 1 is 1.15 bits per heavy atom. The SMILES string of the molecule is CCN(CC(=O)Nc1c(F)cccc1F)C(=O)/C=C/c1ccccc1OCc1csc(C)n1. The van der Waals surface area contributed by atoms with Gasteiger partial charge in [0.05, 0.1) is 10.7 Å². The highest BCUT2D eigenvalue weighted by molar-refractivity contribution is 7.09. The third-order valence-corrected chi connectivity index (χ3v) is 5.44. The number of benzene rings is 2. The van der Waals surface area contributed by atoms with Gasteiger partial charge in [-0.2, -0.15) is 0 Å². The summed E-state index contributed by atoms with van der Waals surface area (Å²) in [5, 5.41) is 5.06. The van der Waals surface area contributed by atoms with Crippen LogP contribution in [0.4, 0.5) is 14.5 Å². The maximum absolute atomic E-state index is 13.7. The van der Waals surface area contributed by atoms with Crippen molar-refractivity contribution >= 4 is 34.9 Å². The summed E-state index contributed by atoms with van der Waals surface area (Å²) in [5.74, 6) is -2.32. The third-order valence-electron chi connectivity index (χ3n) is 4.62. The summed E-state index contributed by atoms with van der Waals surface area (Å²) in [5.41, 5.74) is 0.969. The molecule has 0 spiro atoms. The van der Waals surface area contributed by atoms with E-state index in [-0.39, 0.29) is 13.1 Å². The van der Waals surface area contributed by atoms with Gasteiger partial charge in [0.1, 0.15) is 36.2 Å². The number of likely N-dealkylation sites (N-methyl/N-ethyl adjacent to an activating group) is 1. The zero-order valence-corrected chi connectivity index (χ0v) is 19.0. The molecule has 0 aliphatic heterocycles. The molecule has 0 aliphatic rings. The van der Waals surface area contributed by atoms with Gasteiger partial charge in [0.15, 0.2) is 0 Å². The van der Waals surface area contributed by atoms with Crippen molar-refractivity contribution in [3.8, 4) is 5.75 Å². The van der Waals surface area contributed by atoms with E-state index in [1.165, 1.54) is 17.0 Å². The van der Waals surface area contributed by atoms with Gasteiger partial charge in [0.2, 0.25) is 11.8 Å². The number of nitrogens with zero attached hydrogens (tertiary/aromatic N) is 2. The Balaban J connectivity index is 1.63. The number of halogens is 2. The molecule has 6 nitrogen and oxygen atoms in total. The predicted molar refractivity (Wildman–Crippen MR) is 124 cm³/mol. The summed E-state index contributed by atoms with van der Waals surface area (Å²) in [7, 11) is 0. The van der Waals surface area contributed by atoms with Crippen LogP contribution in [-0.4, -0.2) is 34.8 Å². The number of aromatic nitrogens is 1. The number of para-hydroxylation sites is 2. The van der Waals surface area contributed by atoms with Crippen LogP contribution in [0.2, 0.25) is 0 Å². The van der Waals surface area contributed by atoms with Gasteiger partial charge in [-0.1, -0.05) is 24.3 Å². The number of carbonyl (C=O) groups excluding carboxylic acids is 2. The van der Waals surface area contributed by atoms with Crippen LogP contribution in [0.3, 0.4) is 0 Å². The van der Waals surface area contributed by atoms with Crippen molar-refractivity contribution in [2.24, 2.45) is 0 Å². The lowest BCUT2D eigenvalue weighted by Gasteiger charge is -2.19. The molecule has 33 heavy (non-hydrogen) atoms. The number of nitrogens with one attached hydrogen (secondary N) is 1. The van der Waals surface area contributed by atoms with Crippen molar-refractivity contribution in [3.05, 3.63) is 81.8 Å². The van der Waals surface area contributed by atoms with E-state index in [9.17, 15) is 18.4 Å². The Morgan fingerprint density at radius 2 is 1.88 bits per heavy atom. The zero-order valence-electron chi connectivity index (χ0n) is 18.2. The number of hydrogen-bond acceptors (Lipinski definition) is 5. The monoisotopic (exact) mass is 471 g/mol. The van der Waals surface area contributed by atoms with Crippen LogP contribution < -0.4 is 10.1 Å². The van der Waals surface area contributed by atoms with Gasteiger partial charge in [-0.05, 0) is 38.1 Å². The molecule has 1 aromatic heterocycles. The summed E-state index contributed by atoms with van der Waals surface area (Å²) in [6.07, 6.45) is 2.93. The minimum Gasteiger partial charge on any atom is -0.487 e. The summed E-state index contributed by atoms with van der Waals surface area (Å²) in [6.45, 7) is 3.81. The van der Waals surface area contributed by atoms with Crippen molar-refractivity contribution in [2.75, 3.05) is 18.4 Å². The molecule has 3 aromatic rings. The van der Waals surface area contributed by atoms with Gasteiger partial charge in [-0.3, -0.25) is 9.59 Å². The maximum atomic E-state index is 13.7. The molecule has 2 aromatic carbocycles. The molecule has 0 unspecified atom stereocenters. The Hall–Kier alpha value is -3.59. The van der Waals surface area contributed by atoms with E-state index < -0.39 is 29.1 Å². The number of aryl methyl sites for hydroxylation is 1. The summed E-state index contributed by atoms with van der Waals surface area (Å²) >= 11 is 1.54. The molecule has 0 fully saturated rings. The first kappa shape index (κ1) is 24.1. The van der Waals surface area contributed by atoms with E-state index in [2.05, 4.69) is 10.3 Å². The van der Waals surface area contributed by atoms with E-state index in [1.807, 2.05) is 24.4 Å². The Morgan fingerprint density at radius 3 is 2.55 bits per heavy atom. The van der Waals surface area contributed by atoms with Crippen LogP contribution in [0, 0.1) is 18.6 Å². The predicted octanol–water partition coefficient (Wildman–Crippen LogP) is 4.81. The van der Waals surface area contributed by atoms with Crippen molar-refractivity contribution in [3.63, 3.8) is 0 Å². The second-order valence-corrected chi connectivity index (χ2v) is 8.08. The molecule has 3 rings (SSSR count). The first-order valence-electron chi connectivity index (χ1n) is 10.2. The summed E-state index contributed by atoms with van der Waals surface area (Å²) < 4.78 is 33.3. The lowest BCUT2D eigenvalue weighted by atomic mass is 10.2. The van der Waals surface area contributed by atoms with Crippen molar-refractivity contribution in [2.45, 2.75) is 20.5 Å². The van der Waals surface area contributed by atoms with E-state index >= 15 is 0 Å². The van der Waals surface area contributed by atoms with Crippen LogP contribution >= 0.6 is 11.3 Å². The Kier molecular flexibility index (Phi) is 8.26. The van der Waals surface area contributed by atoms with Gasteiger partial charge in [0.25, 0.3) is 0 Å². The molecule has 0 atom stereocenters. The lowest BCUT2D eigenvalue weighted by Crippen LogP contribution is -2.37. The first-order chi connectivity index (χ1) is 15.9. The minimum atomic E-state index is -0.887. The maximum Gasteiger partial charge on any atom is 0.247 e. The second-order valence-electron chi connectivity index (χ2n) is 7.01. The molecule has 1 N–H and O–H groups in total. The average molecular weight is 472 g/mol. The van der Waals surface area contributed by atoms with E-state index in [1.54, 1.807) is 36.5 Å². The molecule has 0 aliphatic carbocycles. The van der Waals surface area contributed by atoms with Crippen molar-refractivity contribution in [1.29, 1.82) is 0 Å². The van der Waals surface area contributed by atoms with Gasteiger partial charge < -0.3 is 15.0 Å². The number of carbonyl (C=O) groups is 2. The number of ether oxygens (including phenoxy) is 1. The number of hydrogen-bond donors (Lipinski definition) is 1. The fourth-order valence-corrected chi connectivity index (χ4v) is 3.55. The molecular weight excluding hydrogens is 448 g/mol. The Bertz CT molecular complexity index is 1140. The van der Waals surface area contributed by atoms with Crippen LogP contribution in [0.5, 0.6) is 5.75 Å². The molecule has 0 radical (unpaired) electrons. The average Bonchev–Trinajstić information content (AvgIpc) is 3.22. The fourth-order valence-electron chi connectivity index (χ4n) is 2.96. The number of amides is 2. The molecule has 0 saturated heterocycles. The quantitative estimate of drug-likeness (QED) is 0.455. The lowest BCUT2D eigenvalue weighted by molar-refractivity contribution is -0.130. The van der Waals surface area contributed by atoms with Crippen LogP contribution in [0.1, 0.15) is 23.2 Å². The smallest absolute Gasteiger partial charge is 0.247 e. The highest BCUT2D eigenvalue weighted by atomic mass is 32.1. The molecule has 1 heterocycles. The van der Waals surface area contributed by atoms with Gasteiger partial charge in [0, 0.05) is 23.6 Å². The largest absolute Gasteiger partial charge is 0.487 e. The molecule has 0 bridgehead atoms. The standard InChI is InChI=1S/C24H23F2N3O3S/c1-3-29(13-22(30)28-24-19(25)8-6-9-20(24)26)23(31)12-11-17-7-4-5-10-21(17)32-14-18-15-33-16(2)27-18/h4-12,15H,3,13-14H2,1-2H3,(H,28,30)/b12-11+. The summed E-state index contributed by atoms with van der Waals surface area (Å²) in [4.78, 5) is 30.5. The van der Waals surface area contributed by atoms with Gasteiger partial charge >= 0.3 is 0 Å². The topological polar surface area (TPSA) is 71.5 Å². The number of rotatable bonds is 9. The van der Waals surface area contributed by atoms with Crippen LogP contribution in [-0.2, 0) is 16.2 Å². The molecular formula is C24H23F2N3O3S. The van der Waals surface area contributed by atoms with Crippen LogP contribution in [0.15, 0.2) is 53.9 Å². The van der Waals surface area contributed by atoms with Crippen LogP contribution in [0.25, 0.3) is 6.08 Å². The van der Waals surface area contributed by atoms with Gasteiger partial charge in [-0.15, -0.1) is 11.3 Å². The van der Waals surface area contributed by atoms with E-state index in [4.69, 9.17) is 4.74 Å². The highest BCUT2D eigenvalue weighted by Gasteiger charge is 2.17. The van der Waals surface area contributed by atoms with E-state index in [0.717, 1.165) is 22.8 Å². The molecule has 0 saturated carbocycles. The first-order valence-corrected chi connectivity index (χ1v) is 11.1. The second kappa shape index (κ2) is 11.3.